The topological polar surface area (TPSA) is 18.5 Å². The fourth-order valence-corrected chi connectivity index (χ4v) is 3.31. The Balaban J connectivity index is 1.60. The van der Waals surface area contributed by atoms with Crippen LogP contribution in [-0.4, -0.2) is 0 Å². The van der Waals surface area contributed by atoms with E-state index in [9.17, 15) is 0 Å². The molecule has 0 heterocycles. The van der Waals surface area contributed by atoms with Gasteiger partial charge in [0.05, 0.1) is 0 Å². The van der Waals surface area contributed by atoms with E-state index in [-0.39, 0.29) is 5.41 Å². The Labute approximate surface area is 172 Å². The van der Waals surface area contributed by atoms with Crippen LogP contribution in [0.2, 0.25) is 0 Å². The third-order valence-electron chi connectivity index (χ3n) is 5.07. The summed E-state index contributed by atoms with van der Waals surface area (Å²) < 4.78 is 12.1. The van der Waals surface area contributed by atoms with Crippen molar-refractivity contribution in [1.82, 2.24) is 0 Å². The molecule has 4 rings (SSSR count). The molecular weight excluding hydrogens is 356 g/mol. The quantitative estimate of drug-likeness (QED) is 0.343. The highest BCUT2D eigenvalue weighted by Crippen LogP contribution is 2.36. The van der Waals surface area contributed by atoms with E-state index in [4.69, 9.17) is 9.47 Å². The fraction of sp³-hybridized carbons (Fsp3) is 0.111. The molecular formula is C27H24O2. The molecule has 144 valence electrons. The summed E-state index contributed by atoms with van der Waals surface area (Å²) in [6, 6.07) is 36.3. The Morgan fingerprint density at radius 3 is 1.24 bits per heavy atom. The lowest BCUT2D eigenvalue weighted by Gasteiger charge is -2.27. The molecule has 0 aliphatic carbocycles. The summed E-state index contributed by atoms with van der Waals surface area (Å²) in [5.74, 6) is 3.33. The van der Waals surface area contributed by atoms with Crippen LogP contribution in [0.5, 0.6) is 23.0 Å². The van der Waals surface area contributed by atoms with Crippen LogP contribution in [-0.2, 0) is 5.41 Å². The van der Waals surface area contributed by atoms with Crippen molar-refractivity contribution in [2.75, 3.05) is 0 Å². The average molecular weight is 380 g/mol. The minimum atomic E-state index is -0.202. The normalized spacial score (nSPS) is 11.1. The van der Waals surface area contributed by atoms with E-state index >= 15 is 0 Å². The maximum absolute atomic E-state index is 6.03. The standard InChI is InChI=1S/C27H24O2/c1-27(2,21-11-9-17-25(19-21)28-23-13-5-3-6-14-23)22-12-10-18-26(20-22)29-24-15-7-4-8-16-24/h3-20H,1-2H3. The zero-order valence-electron chi connectivity index (χ0n) is 16.7. The monoisotopic (exact) mass is 380 g/mol. The lowest BCUT2D eigenvalue weighted by Crippen LogP contribution is -2.18. The summed E-state index contributed by atoms with van der Waals surface area (Å²) in [5.41, 5.74) is 2.16. The smallest absolute Gasteiger partial charge is 0.127 e. The van der Waals surface area contributed by atoms with E-state index in [1.807, 2.05) is 84.9 Å². The number of rotatable bonds is 6. The maximum Gasteiger partial charge on any atom is 0.127 e. The Kier molecular flexibility index (Phi) is 5.35. The molecule has 0 aromatic heterocycles. The molecule has 2 heteroatoms. The predicted molar refractivity (Wildman–Crippen MR) is 118 cm³/mol. The Morgan fingerprint density at radius 2 is 0.828 bits per heavy atom. The maximum atomic E-state index is 6.03. The summed E-state index contributed by atoms with van der Waals surface area (Å²) in [5, 5.41) is 0. The first kappa shape index (κ1) is 18.8. The van der Waals surface area contributed by atoms with Gasteiger partial charge in [-0.05, 0) is 59.7 Å². The number of hydrogen-bond donors (Lipinski definition) is 0. The van der Waals surface area contributed by atoms with Gasteiger partial charge in [-0.15, -0.1) is 0 Å². The molecule has 0 saturated carbocycles. The zero-order valence-corrected chi connectivity index (χ0v) is 16.7. The molecule has 4 aromatic rings. The minimum absolute atomic E-state index is 0.202. The van der Waals surface area contributed by atoms with E-state index in [0.717, 1.165) is 23.0 Å². The van der Waals surface area contributed by atoms with Gasteiger partial charge in [-0.1, -0.05) is 74.5 Å². The van der Waals surface area contributed by atoms with E-state index in [1.165, 1.54) is 11.1 Å². The molecule has 0 amide bonds. The van der Waals surface area contributed by atoms with Crippen molar-refractivity contribution < 1.29 is 9.47 Å². The zero-order chi connectivity index (χ0) is 20.1. The second kappa shape index (κ2) is 8.24. The first-order valence-electron chi connectivity index (χ1n) is 9.78. The van der Waals surface area contributed by atoms with Crippen LogP contribution in [0, 0.1) is 0 Å². The second-order valence-electron chi connectivity index (χ2n) is 7.51. The van der Waals surface area contributed by atoms with Gasteiger partial charge in [-0.25, -0.2) is 0 Å². The van der Waals surface area contributed by atoms with Crippen LogP contribution >= 0.6 is 0 Å². The van der Waals surface area contributed by atoms with Crippen LogP contribution in [0.1, 0.15) is 25.0 Å². The summed E-state index contributed by atoms with van der Waals surface area (Å²) >= 11 is 0. The first-order chi connectivity index (χ1) is 14.1. The van der Waals surface area contributed by atoms with Crippen molar-refractivity contribution in [1.29, 1.82) is 0 Å². The summed E-state index contributed by atoms with van der Waals surface area (Å²) in [6.07, 6.45) is 0. The van der Waals surface area contributed by atoms with E-state index in [1.54, 1.807) is 0 Å². The third kappa shape index (κ3) is 4.49. The van der Waals surface area contributed by atoms with Crippen molar-refractivity contribution in [2.24, 2.45) is 0 Å². The molecule has 0 unspecified atom stereocenters. The van der Waals surface area contributed by atoms with Crippen LogP contribution in [0.4, 0.5) is 0 Å². The number of ether oxygens (including phenoxy) is 2. The Hall–Kier alpha value is -3.52. The van der Waals surface area contributed by atoms with Gasteiger partial charge in [-0.2, -0.15) is 0 Å². The van der Waals surface area contributed by atoms with E-state index in [2.05, 4.69) is 38.1 Å². The molecule has 0 radical (unpaired) electrons. The molecule has 2 nitrogen and oxygen atoms in total. The largest absolute Gasteiger partial charge is 0.457 e. The van der Waals surface area contributed by atoms with Crippen LogP contribution < -0.4 is 9.47 Å². The highest BCUT2D eigenvalue weighted by molar-refractivity contribution is 5.45. The lowest BCUT2D eigenvalue weighted by molar-refractivity contribution is 0.477. The fourth-order valence-electron chi connectivity index (χ4n) is 3.31. The van der Waals surface area contributed by atoms with Gasteiger partial charge >= 0.3 is 0 Å². The van der Waals surface area contributed by atoms with Gasteiger partial charge in [0.15, 0.2) is 0 Å². The van der Waals surface area contributed by atoms with E-state index < -0.39 is 0 Å². The molecule has 4 aromatic carbocycles. The van der Waals surface area contributed by atoms with Crippen molar-refractivity contribution in [3.8, 4) is 23.0 Å². The van der Waals surface area contributed by atoms with Gasteiger partial charge in [0, 0.05) is 5.41 Å². The highest BCUT2D eigenvalue weighted by Gasteiger charge is 2.24. The average Bonchev–Trinajstić information content (AvgIpc) is 2.76. The number of hydrogen-bond acceptors (Lipinski definition) is 2. The molecule has 0 fully saturated rings. The van der Waals surface area contributed by atoms with Crippen LogP contribution in [0.3, 0.4) is 0 Å². The predicted octanol–water partition coefficient (Wildman–Crippen LogP) is 7.60. The molecule has 0 bridgehead atoms. The number of benzene rings is 4. The van der Waals surface area contributed by atoms with Crippen molar-refractivity contribution in [3.63, 3.8) is 0 Å². The van der Waals surface area contributed by atoms with Gasteiger partial charge in [0.2, 0.25) is 0 Å². The SMILES string of the molecule is CC(C)(c1cccc(Oc2ccccc2)c1)c1cccc(Oc2ccccc2)c1. The third-order valence-corrected chi connectivity index (χ3v) is 5.07. The van der Waals surface area contributed by atoms with Crippen LogP contribution in [0.25, 0.3) is 0 Å². The molecule has 0 saturated heterocycles. The highest BCUT2D eigenvalue weighted by atomic mass is 16.5. The van der Waals surface area contributed by atoms with Gasteiger partial charge in [0.25, 0.3) is 0 Å². The lowest BCUT2D eigenvalue weighted by atomic mass is 9.78. The molecule has 29 heavy (non-hydrogen) atoms. The number of para-hydroxylation sites is 2. The summed E-state index contributed by atoms with van der Waals surface area (Å²) in [6.45, 7) is 4.44. The minimum Gasteiger partial charge on any atom is -0.457 e. The first-order valence-corrected chi connectivity index (χ1v) is 9.78. The van der Waals surface area contributed by atoms with Crippen LogP contribution in [0.15, 0.2) is 109 Å². The molecule has 0 aliphatic heterocycles. The van der Waals surface area contributed by atoms with Crippen molar-refractivity contribution in [3.05, 3.63) is 120 Å². The van der Waals surface area contributed by atoms with Crippen molar-refractivity contribution in [2.45, 2.75) is 19.3 Å². The van der Waals surface area contributed by atoms with Crippen molar-refractivity contribution >= 4 is 0 Å². The van der Waals surface area contributed by atoms with E-state index in [0.29, 0.717) is 0 Å². The summed E-state index contributed by atoms with van der Waals surface area (Å²) in [7, 11) is 0. The Morgan fingerprint density at radius 1 is 0.448 bits per heavy atom. The second-order valence-corrected chi connectivity index (χ2v) is 7.51. The Bertz CT molecular complexity index is 983. The summed E-state index contributed by atoms with van der Waals surface area (Å²) in [4.78, 5) is 0. The molecule has 0 atom stereocenters. The van der Waals surface area contributed by atoms with Gasteiger partial charge in [-0.3, -0.25) is 0 Å². The molecule has 0 N–H and O–H groups in total. The van der Waals surface area contributed by atoms with Gasteiger partial charge < -0.3 is 9.47 Å². The van der Waals surface area contributed by atoms with Gasteiger partial charge in [0.1, 0.15) is 23.0 Å². The molecule has 0 spiro atoms. The molecule has 0 aliphatic rings.